The fraction of sp³-hybridized carbons (Fsp3) is 0.273. The number of unbranched alkanes of at least 4 members (excludes halogenated alkanes) is 1. The van der Waals surface area contributed by atoms with Gasteiger partial charge in [-0.3, -0.25) is 0 Å². The molecule has 27 heavy (non-hydrogen) atoms. The summed E-state index contributed by atoms with van der Waals surface area (Å²) in [5.41, 5.74) is 4.58. The fourth-order valence-electron chi connectivity index (χ4n) is 3.17. The first kappa shape index (κ1) is 17.3. The van der Waals surface area contributed by atoms with Crippen LogP contribution in [0.3, 0.4) is 0 Å². The third-order valence-corrected chi connectivity index (χ3v) is 4.76. The maximum Gasteiger partial charge on any atom is 0.226 e. The predicted octanol–water partition coefficient (Wildman–Crippen LogP) is 4.82. The van der Waals surface area contributed by atoms with Crippen LogP contribution in [0.2, 0.25) is 0 Å². The second-order valence-corrected chi connectivity index (χ2v) is 6.82. The molecule has 0 amide bonds. The average molecular weight is 360 g/mol. The van der Waals surface area contributed by atoms with E-state index in [-0.39, 0.29) is 6.04 Å². The number of nitrogens with zero attached hydrogens (tertiary/aromatic N) is 3. The minimum atomic E-state index is -0.00950. The van der Waals surface area contributed by atoms with Crippen LogP contribution in [0, 0.1) is 6.92 Å². The quantitative estimate of drug-likeness (QED) is 0.640. The van der Waals surface area contributed by atoms with Crippen LogP contribution in [0.1, 0.15) is 42.5 Å². The van der Waals surface area contributed by atoms with Gasteiger partial charge in [-0.25, -0.2) is 4.68 Å². The fourth-order valence-corrected chi connectivity index (χ4v) is 3.17. The minimum absolute atomic E-state index is 0.00950. The molecule has 1 atom stereocenters. The Balaban J connectivity index is 1.63. The van der Waals surface area contributed by atoms with Crippen molar-refractivity contribution in [3.05, 3.63) is 77.6 Å². The van der Waals surface area contributed by atoms with Crippen molar-refractivity contribution in [2.24, 2.45) is 0 Å². The van der Waals surface area contributed by atoms with Gasteiger partial charge in [0.2, 0.25) is 5.95 Å². The van der Waals surface area contributed by atoms with Crippen molar-refractivity contribution in [3.8, 4) is 5.75 Å². The van der Waals surface area contributed by atoms with Gasteiger partial charge in [0, 0.05) is 5.70 Å². The number of fused-ring (bicyclic) bond motifs is 1. The largest absolute Gasteiger partial charge is 0.494 e. The highest BCUT2D eigenvalue weighted by Crippen LogP contribution is 2.32. The van der Waals surface area contributed by atoms with Crippen molar-refractivity contribution in [2.45, 2.75) is 32.7 Å². The Labute approximate surface area is 159 Å². The molecule has 1 aliphatic heterocycles. The average Bonchev–Trinajstić information content (AvgIpc) is 3.17. The molecule has 138 valence electrons. The maximum atomic E-state index is 5.78. The first-order valence-electron chi connectivity index (χ1n) is 9.43. The van der Waals surface area contributed by atoms with Crippen molar-refractivity contribution < 1.29 is 4.74 Å². The molecule has 1 N–H and O–H groups in total. The van der Waals surface area contributed by atoms with Crippen LogP contribution in [0.25, 0.3) is 5.70 Å². The van der Waals surface area contributed by atoms with E-state index >= 15 is 0 Å². The van der Waals surface area contributed by atoms with E-state index in [1.807, 2.05) is 16.8 Å². The van der Waals surface area contributed by atoms with Gasteiger partial charge in [0.15, 0.2) is 0 Å². The van der Waals surface area contributed by atoms with E-state index in [9.17, 15) is 0 Å². The zero-order chi connectivity index (χ0) is 18.6. The molecule has 2 heterocycles. The summed E-state index contributed by atoms with van der Waals surface area (Å²) in [6, 6.07) is 16.8. The molecule has 0 fully saturated rings. The van der Waals surface area contributed by atoms with Gasteiger partial charge in [0.05, 0.1) is 6.61 Å². The molecule has 0 saturated heterocycles. The number of hydrogen-bond acceptors (Lipinski definition) is 4. The molecule has 0 radical (unpaired) electrons. The van der Waals surface area contributed by atoms with Crippen molar-refractivity contribution in [2.75, 3.05) is 11.9 Å². The summed E-state index contributed by atoms with van der Waals surface area (Å²) in [5, 5.41) is 7.79. The monoisotopic (exact) mass is 360 g/mol. The predicted molar refractivity (Wildman–Crippen MR) is 108 cm³/mol. The van der Waals surface area contributed by atoms with Gasteiger partial charge in [0.1, 0.15) is 18.1 Å². The number of allylic oxidation sites excluding steroid dienone is 1. The Bertz CT molecular complexity index is 926. The Morgan fingerprint density at radius 1 is 1.07 bits per heavy atom. The molecule has 1 aliphatic rings. The third-order valence-electron chi connectivity index (χ3n) is 4.76. The Morgan fingerprint density at radius 3 is 2.59 bits per heavy atom. The first-order valence-corrected chi connectivity index (χ1v) is 9.43. The summed E-state index contributed by atoms with van der Waals surface area (Å²) in [6.07, 6.45) is 5.98. The van der Waals surface area contributed by atoms with Crippen LogP contribution in [0.4, 0.5) is 5.95 Å². The van der Waals surface area contributed by atoms with Gasteiger partial charge in [-0.05, 0) is 42.7 Å². The number of ether oxygens (including phenoxy) is 1. The number of anilines is 1. The van der Waals surface area contributed by atoms with E-state index in [1.54, 1.807) is 6.33 Å². The molecule has 0 unspecified atom stereocenters. The maximum absolute atomic E-state index is 5.78. The van der Waals surface area contributed by atoms with E-state index < -0.39 is 0 Å². The van der Waals surface area contributed by atoms with Gasteiger partial charge < -0.3 is 10.1 Å². The summed E-state index contributed by atoms with van der Waals surface area (Å²) in [4.78, 5) is 4.37. The molecule has 0 bridgehead atoms. The van der Waals surface area contributed by atoms with Crippen LogP contribution >= 0.6 is 0 Å². The molecule has 5 heteroatoms. The molecule has 3 aromatic rings. The summed E-state index contributed by atoms with van der Waals surface area (Å²) in [5.74, 6) is 1.66. The lowest BCUT2D eigenvalue weighted by Crippen LogP contribution is -2.20. The number of rotatable bonds is 6. The normalized spacial score (nSPS) is 15.6. The van der Waals surface area contributed by atoms with Gasteiger partial charge in [-0.1, -0.05) is 55.3 Å². The van der Waals surface area contributed by atoms with E-state index in [1.165, 1.54) is 5.56 Å². The molecular weight excluding hydrogens is 336 g/mol. The number of benzene rings is 2. The lowest BCUT2D eigenvalue weighted by atomic mass is 10.0. The van der Waals surface area contributed by atoms with Crippen molar-refractivity contribution in [3.63, 3.8) is 0 Å². The molecule has 0 spiro atoms. The molecule has 1 aromatic heterocycles. The number of aromatic nitrogens is 3. The van der Waals surface area contributed by atoms with Crippen LogP contribution in [0.5, 0.6) is 5.75 Å². The van der Waals surface area contributed by atoms with Crippen molar-refractivity contribution in [1.82, 2.24) is 14.8 Å². The molecule has 5 nitrogen and oxygen atoms in total. The lowest BCUT2D eigenvalue weighted by Gasteiger charge is -2.24. The molecule has 0 aliphatic carbocycles. The Morgan fingerprint density at radius 2 is 1.85 bits per heavy atom. The van der Waals surface area contributed by atoms with Crippen LogP contribution < -0.4 is 10.1 Å². The topological polar surface area (TPSA) is 52.0 Å². The number of aryl methyl sites for hydroxylation is 1. The van der Waals surface area contributed by atoms with E-state index in [0.29, 0.717) is 0 Å². The summed E-state index contributed by atoms with van der Waals surface area (Å²) >= 11 is 0. The lowest BCUT2D eigenvalue weighted by molar-refractivity contribution is 0.309. The van der Waals surface area contributed by atoms with Crippen molar-refractivity contribution >= 4 is 11.6 Å². The molecular formula is C22H24N4O. The van der Waals surface area contributed by atoms with Gasteiger partial charge in [-0.2, -0.15) is 10.1 Å². The smallest absolute Gasteiger partial charge is 0.226 e. The molecule has 2 aromatic carbocycles. The third kappa shape index (κ3) is 3.72. The molecule has 0 saturated carbocycles. The second kappa shape index (κ2) is 7.66. The van der Waals surface area contributed by atoms with Crippen LogP contribution in [-0.4, -0.2) is 21.4 Å². The molecule has 4 rings (SSSR count). The van der Waals surface area contributed by atoms with E-state index in [0.717, 1.165) is 48.0 Å². The summed E-state index contributed by atoms with van der Waals surface area (Å²) < 4.78 is 7.69. The van der Waals surface area contributed by atoms with Gasteiger partial charge in [-0.15, -0.1) is 0 Å². The van der Waals surface area contributed by atoms with Gasteiger partial charge >= 0.3 is 0 Å². The highest BCUT2D eigenvalue weighted by atomic mass is 16.5. The zero-order valence-electron chi connectivity index (χ0n) is 15.7. The van der Waals surface area contributed by atoms with Gasteiger partial charge in [0.25, 0.3) is 0 Å². The van der Waals surface area contributed by atoms with E-state index in [4.69, 9.17) is 4.74 Å². The first-order chi connectivity index (χ1) is 13.2. The standard InChI is InChI=1S/C22H24N4O/c1-3-4-13-27-19-11-9-18(10-12-19)21-14-20(17-7-5-16(2)6-8-17)25-22-23-15-24-26(21)22/h5-12,14-15,21H,3-4,13H2,1-2H3,(H,23,24,25)/t21-/m1/s1. The Kier molecular flexibility index (Phi) is 4.92. The van der Waals surface area contributed by atoms with E-state index in [2.05, 4.69) is 71.7 Å². The van der Waals surface area contributed by atoms with Crippen LogP contribution in [-0.2, 0) is 0 Å². The second-order valence-electron chi connectivity index (χ2n) is 6.82. The highest BCUT2D eigenvalue weighted by molar-refractivity contribution is 5.77. The number of nitrogens with one attached hydrogen (secondary N) is 1. The van der Waals surface area contributed by atoms with Crippen molar-refractivity contribution in [1.29, 1.82) is 0 Å². The Hall–Kier alpha value is -3.08. The summed E-state index contributed by atoms with van der Waals surface area (Å²) in [7, 11) is 0. The van der Waals surface area contributed by atoms with Crippen LogP contribution in [0.15, 0.2) is 60.9 Å². The highest BCUT2D eigenvalue weighted by Gasteiger charge is 2.23. The SMILES string of the molecule is CCCCOc1ccc([C@H]2C=C(c3ccc(C)cc3)Nc3ncnn32)cc1. The minimum Gasteiger partial charge on any atom is -0.494 e. The number of hydrogen-bond donors (Lipinski definition) is 1. The zero-order valence-corrected chi connectivity index (χ0v) is 15.7. The summed E-state index contributed by atoms with van der Waals surface area (Å²) in [6.45, 7) is 5.02.